The van der Waals surface area contributed by atoms with E-state index in [0.717, 1.165) is 5.69 Å². The van der Waals surface area contributed by atoms with Crippen LogP contribution in [0.15, 0.2) is 6.20 Å². The molecule has 0 aromatic carbocycles. The number of rotatable bonds is 7. The Balaban J connectivity index is 2.48. The van der Waals surface area contributed by atoms with E-state index < -0.39 is 5.54 Å². The fourth-order valence-corrected chi connectivity index (χ4v) is 1.58. The fourth-order valence-electron chi connectivity index (χ4n) is 1.58. The first kappa shape index (κ1) is 14.6. The van der Waals surface area contributed by atoms with Crippen molar-refractivity contribution in [3.8, 4) is 0 Å². The lowest BCUT2D eigenvalue weighted by Crippen LogP contribution is -2.45. The van der Waals surface area contributed by atoms with E-state index in [-0.39, 0.29) is 19.1 Å². The zero-order valence-corrected chi connectivity index (χ0v) is 11.1. The van der Waals surface area contributed by atoms with Gasteiger partial charge in [0, 0.05) is 18.7 Å². The number of hydrogen-bond acceptors (Lipinski definition) is 5. The minimum absolute atomic E-state index is 0.0446. The summed E-state index contributed by atoms with van der Waals surface area (Å²) in [5, 5.41) is 22.5. The number of aliphatic hydroxyl groups is 1. The summed E-state index contributed by atoms with van der Waals surface area (Å²) < 4.78 is 1.50. The topological polar surface area (TPSA) is 92.1 Å². The summed E-state index contributed by atoms with van der Waals surface area (Å²) in [4.78, 5) is 11.8. The molecule has 0 saturated heterocycles. The summed E-state index contributed by atoms with van der Waals surface area (Å²) in [7, 11) is 1.82. The summed E-state index contributed by atoms with van der Waals surface area (Å²) in [6.07, 6.45) is 2.25. The largest absolute Gasteiger partial charge is 0.396 e. The van der Waals surface area contributed by atoms with Gasteiger partial charge in [0.05, 0.1) is 11.9 Å². The van der Waals surface area contributed by atoms with Crippen LogP contribution in [0.5, 0.6) is 0 Å². The van der Waals surface area contributed by atoms with Crippen LogP contribution in [0.3, 0.4) is 0 Å². The smallest absolute Gasteiger partial charge is 0.242 e. The predicted octanol–water partition coefficient (Wildman–Crippen LogP) is -0.725. The molecular weight excluding hydrogens is 234 g/mol. The third kappa shape index (κ3) is 4.80. The van der Waals surface area contributed by atoms with Gasteiger partial charge in [0.15, 0.2) is 0 Å². The Bertz CT molecular complexity index is 389. The fraction of sp³-hybridized carbons (Fsp3) is 0.727. The molecule has 7 nitrogen and oxygen atoms in total. The van der Waals surface area contributed by atoms with Gasteiger partial charge in [-0.25, -0.2) is 4.68 Å². The molecule has 0 aliphatic rings. The van der Waals surface area contributed by atoms with Crippen molar-refractivity contribution in [2.24, 2.45) is 0 Å². The average molecular weight is 255 g/mol. The van der Waals surface area contributed by atoms with E-state index in [1.807, 2.05) is 20.9 Å². The number of carbonyl (C=O) groups is 1. The normalized spacial score (nSPS) is 11.6. The maximum atomic E-state index is 11.8. The Morgan fingerprint density at radius 2 is 2.28 bits per heavy atom. The molecule has 0 unspecified atom stereocenters. The number of amides is 1. The van der Waals surface area contributed by atoms with Gasteiger partial charge in [-0.3, -0.25) is 4.79 Å². The van der Waals surface area contributed by atoms with Gasteiger partial charge in [-0.05, 0) is 27.3 Å². The second-order valence-electron chi connectivity index (χ2n) is 4.84. The highest BCUT2D eigenvalue weighted by molar-refractivity contribution is 5.76. The number of nitrogens with one attached hydrogen (secondary N) is 2. The van der Waals surface area contributed by atoms with E-state index in [0.29, 0.717) is 13.0 Å². The van der Waals surface area contributed by atoms with E-state index in [9.17, 15) is 4.79 Å². The van der Waals surface area contributed by atoms with Gasteiger partial charge < -0.3 is 15.7 Å². The van der Waals surface area contributed by atoms with Crippen LogP contribution in [-0.4, -0.2) is 45.2 Å². The molecule has 1 amide bonds. The minimum atomic E-state index is -0.416. The molecule has 0 aliphatic heterocycles. The van der Waals surface area contributed by atoms with Crippen LogP contribution in [0.2, 0.25) is 0 Å². The molecule has 0 bridgehead atoms. The first-order valence-electron chi connectivity index (χ1n) is 5.92. The van der Waals surface area contributed by atoms with Crippen molar-refractivity contribution in [1.29, 1.82) is 0 Å². The Hall–Kier alpha value is -1.47. The standard InChI is InChI=1S/C11H21N5O2/c1-11(2,4-5-17)13-10(18)8-16-7-9(6-12-3)14-15-16/h7,12,17H,4-6,8H2,1-3H3,(H,13,18). The maximum Gasteiger partial charge on any atom is 0.242 e. The second-order valence-corrected chi connectivity index (χ2v) is 4.84. The molecule has 1 aromatic rings. The van der Waals surface area contributed by atoms with Crippen LogP contribution in [0.25, 0.3) is 0 Å². The summed E-state index contributed by atoms with van der Waals surface area (Å²) in [6.45, 7) is 4.54. The molecule has 0 saturated carbocycles. The lowest BCUT2D eigenvalue weighted by molar-refractivity contribution is -0.123. The zero-order chi connectivity index (χ0) is 13.6. The maximum absolute atomic E-state index is 11.8. The summed E-state index contributed by atoms with van der Waals surface area (Å²) in [5.41, 5.74) is 0.375. The molecule has 0 atom stereocenters. The molecule has 1 rings (SSSR count). The van der Waals surface area contributed by atoms with E-state index in [1.165, 1.54) is 4.68 Å². The molecule has 0 radical (unpaired) electrons. The highest BCUT2D eigenvalue weighted by atomic mass is 16.3. The van der Waals surface area contributed by atoms with Crippen molar-refractivity contribution in [2.45, 2.75) is 38.9 Å². The summed E-state index contributed by atoms with van der Waals surface area (Å²) >= 11 is 0. The highest BCUT2D eigenvalue weighted by Crippen LogP contribution is 2.07. The van der Waals surface area contributed by atoms with Gasteiger partial charge >= 0.3 is 0 Å². The first-order chi connectivity index (χ1) is 8.46. The number of nitrogens with zero attached hydrogens (tertiary/aromatic N) is 3. The Kier molecular flexibility index (Phi) is 5.24. The van der Waals surface area contributed by atoms with Crippen molar-refractivity contribution >= 4 is 5.91 Å². The lowest BCUT2D eigenvalue weighted by atomic mass is 10.0. The van der Waals surface area contributed by atoms with Gasteiger partial charge in [0.25, 0.3) is 0 Å². The quantitative estimate of drug-likeness (QED) is 0.598. The third-order valence-electron chi connectivity index (χ3n) is 2.46. The van der Waals surface area contributed by atoms with Crippen molar-refractivity contribution in [3.05, 3.63) is 11.9 Å². The Labute approximate surface area is 107 Å². The summed E-state index contributed by atoms with van der Waals surface area (Å²) in [6, 6.07) is 0. The van der Waals surface area contributed by atoms with E-state index in [1.54, 1.807) is 6.20 Å². The van der Waals surface area contributed by atoms with Crippen LogP contribution in [0.1, 0.15) is 26.0 Å². The number of aromatic nitrogens is 3. The monoisotopic (exact) mass is 255 g/mol. The molecule has 0 aliphatic carbocycles. The Morgan fingerprint density at radius 1 is 1.56 bits per heavy atom. The van der Waals surface area contributed by atoms with Crippen LogP contribution in [0, 0.1) is 0 Å². The predicted molar refractivity (Wildman–Crippen MR) is 66.7 cm³/mol. The van der Waals surface area contributed by atoms with Crippen molar-refractivity contribution < 1.29 is 9.90 Å². The molecule has 7 heteroatoms. The van der Waals surface area contributed by atoms with Crippen LogP contribution in [0.4, 0.5) is 0 Å². The van der Waals surface area contributed by atoms with E-state index in [2.05, 4.69) is 20.9 Å². The van der Waals surface area contributed by atoms with Gasteiger partial charge in [0.1, 0.15) is 6.54 Å². The van der Waals surface area contributed by atoms with Crippen LogP contribution in [-0.2, 0) is 17.9 Å². The SMILES string of the molecule is CNCc1cn(CC(=O)NC(C)(C)CCO)nn1. The van der Waals surface area contributed by atoms with Crippen molar-refractivity contribution in [1.82, 2.24) is 25.6 Å². The minimum Gasteiger partial charge on any atom is -0.396 e. The van der Waals surface area contributed by atoms with Gasteiger partial charge in [0.2, 0.25) is 5.91 Å². The number of carbonyl (C=O) groups excluding carboxylic acids is 1. The first-order valence-corrected chi connectivity index (χ1v) is 5.92. The van der Waals surface area contributed by atoms with Gasteiger partial charge in [-0.2, -0.15) is 0 Å². The van der Waals surface area contributed by atoms with Crippen LogP contribution < -0.4 is 10.6 Å². The second kappa shape index (κ2) is 6.46. The highest BCUT2D eigenvalue weighted by Gasteiger charge is 2.19. The van der Waals surface area contributed by atoms with Crippen molar-refractivity contribution in [2.75, 3.05) is 13.7 Å². The zero-order valence-electron chi connectivity index (χ0n) is 11.1. The average Bonchev–Trinajstić information content (AvgIpc) is 2.64. The molecule has 0 spiro atoms. The molecule has 3 N–H and O–H groups in total. The lowest BCUT2D eigenvalue weighted by Gasteiger charge is -2.25. The number of aliphatic hydroxyl groups excluding tert-OH is 1. The van der Waals surface area contributed by atoms with Crippen LogP contribution >= 0.6 is 0 Å². The van der Waals surface area contributed by atoms with Crippen molar-refractivity contribution in [3.63, 3.8) is 0 Å². The summed E-state index contributed by atoms with van der Waals surface area (Å²) in [5.74, 6) is -0.144. The van der Waals surface area contributed by atoms with E-state index in [4.69, 9.17) is 5.11 Å². The molecule has 102 valence electrons. The van der Waals surface area contributed by atoms with Gasteiger partial charge in [-0.1, -0.05) is 5.21 Å². The molecule has 18 heavy (non-hydrogen) atoms. The molecule has 1 heterocycles. The molecule has 1 aromatic heterocycles. The van der Waals surface area contributed by atoms with Gasteiger partial charge in [-0.15, -0.1) is 5.10 Å². The van der Waals surface area contributed by atoms with E-state index >= 15 is 0 Å². The third-order valence-corrected chi connectivity index (χ3v) is 2.46. The molecular formula is C11H21N5O2. The number of hydrogen-bond donors (Lipinski definition) is 3. The Morgan fingerprint density at radius 3 is 2.89 bits per heavy atom. The molecule has 0 fully saturated rings.